The van der Waals surface area contributed by atoms with Gasteiger partial charge in [-0.25, -0.2) is 0 Å². The molecule has 3 heterocycles. The molecule has 2 unspecified atom stereocenters. The molecule has 7 heteroatoms. The van der Waals surface area contributed by atoms with Gasteiger partial charge in [-0.2, -0.15) is 0 Å². The van der Waals surface area contributed by atoms with Crippen LogP contribution >= 0.6 is 11.3 Å². The van der Waals surface area contributed by atoms with Crippen LogP contribution in [-0.2, 0) is 0 Å². The highest BCUT2D eigenvalue weighted by molar-refractivity contribution is 7.12. The van der Waals surface area contributed by atoms with Crippen LogP contribution in [0, 0.1) is 0 Å². The number of thiophene rings is 1. The van der Waals surface area contributed by atoms with Crippen LogP contribution < -0.4 is 15.4 Å². The first-order valence-electron chi connectivity index (χ1n) is 8.91. The second-order valence-corrected chi connectivity index (χ2v) is 7.58. The predicted octanol–water partition coefficient (Wildman–Crippen LogP) is 3.22. The first-order valence-corrected chi connectivity index (χ1v) is 9.79. The van der Waals surface area contributed by atoms with Gasteiger partial charge in [-0.3, -0.25) is 9.79 Å². The first-order chi connectivity index (χ1) is 13.6. The number of ether oxygens (including phenoxy) is 1. The molecule has 0 fully saturated rings. The van der Waals surface area contributed by atoms with Gasteiger partial charge in [0.25, 0.3) is 0 Å². The molecule has 4 rings (SSSR count). The van der Waals surface area contributed by atoms with Gasteiger partial charge in [-0.05, 0) is 29.6 Å². The van der Waals surface area contributed by atoms with Crippen LogP contribution in [0.1, 0.15) is 20.8 Å². The molecule has 0 amide bonds. The first kappa shape index (κ1) is 18.5. The van der Waals surface area contributed by atoms with E-state index in [9.17, 15) is 4.79 Å². The SMILES string of the molecule is COc1ccc2c(c1)N(C)C(C(N)C(=O)c1ccoc1)CN=C2c1cccs1. The summed E-state index contributed by atoms with van der Waals surface area (Å²) in [4.78, 5) is 20.8. The maximum absolute atomic E-state index is 12.8. The van der Waals surface area contributed by atoms with Crippen molar-refractivity contribution < 1.29 is 13.9 Å². The maximum Gasteiger partial charge on any atom is 0.184 e. The van der Waals surface area contributed by atoms with Crippen LogP contribution in [0.3, 0.4) is 0 Å². The summed E-state index contributed by atoms with van der Waals surface area (Å²) in [6.07, 6.45) is 2.90. The molecule has 0 bridgehead atoms. The number of Topliss-reactive ketones (excluding diaryl/α,β-unsaturated/α-hetero) is 1. The van der Waals surface area contributed by atoms with E-state index in [1.165, 1.54) is 12.5 Å². The molecule has 1 aromatic carbocycles. The number of carbonyl (C=O) groups excluding carboxylic acids is 1. The van der Waals surface area contributed by atoms with Crippen molar-refractivity contribution in [1.29, 1.82) is 0 Å². The third kappa shape index (κ3) is 3.23. The fourth-order valence-corrected chi connectivity index (χ4v) is 4.20. The molecule has 2 aromatic heterocycles. The topological polar surface area (TPSA) is 81.1 Å². The highest BCUT2D eigenvalue weighted by atomic mass is 32.1. The fourth-order valence-electron chi connectivity index (χ4n) is 3.45. The van der Waals surface area contributed by atoms with Gasteiger partial charge < -0.3 is 19.8 Å². The molecule has 0 saturated carbocycles. The van der Waals surface area contributed by atoms with Crippen molar-refractivity contribution in [3.63, 3.8) is 0 Å². The molecule has 0 spiro atoms. The zero-order valence-corrected chi connectivity index (χ0v) is 16.5. The van der Waals surface area contributed by atoms with E-state index in [0.29, 0.717) is 12.1 Å². The molecule has 2 atom stereocenters. The Morgan fingerprint density at radius 1 is 1.39 bits per heavy atom. The standard InChI is InChI=1S/C21H21N3O3S/c1-24-16-10-14(26-2)5-6-15(16)20(18-4-3-9-28-18)23-11-17(24)19(22)21(25)13-7-8-27-12-13/h3-10,12,17,19H,11,22H2,1-2H3. The second kappa shape index (κ2) is 7.61. The number of nitrogens with two attached hydrogens (primary N) is 1. The van der Waals surface area contributed by atoms with E-state index in [2.05, 4.69) is 0 Å². The number of rotatable bonds is 5. The average molecular weight is 395 g/mol. The van der Waals surface area contributed by atoms with E-state index in [1.807, 2.05) is 47.7 Å². The molecule has 1 aliphatic heterocycles. The Morgan fingerprint density at radius 2 is 2.25 bits per heavy atom. The number of methoxy groups -OCH3 is 1. The molecule has 0 radical (unpaired) electrons. The van der Waals surface area contributed by atoms with Crippen LogP contribution in [0.25, 0.3) is 0 Å². The van der Waals surface area contributed by atoms with Gasteiger partial charge in [0.05, 0.1) is 48.2 Å². The molecule has 6 nitrogen and oxygen atoms in total. The highest BCUT2D eigenvalue weighted by Gasteiger charge is 2.33. The molecule has 144 valence electrons. The lowest BCUT2D eigenvalue weighted by Gasteiger charge is -2.32. The number of nitrogens with zero attached hydrogens (tertiary/aromatic N) is 2. The Labute approximate surface area is 167 Å². The number of fused-ring (bicyclic) bond motifs is 1. The minimum atomic E-state index is -0.743. The van der Waals surface area contributed by atoms with Crippen molar-refractivity contribution in [1.82, 2.24) is 0 Å². The lowest BCUT2D eigenvalue weighted by Crippen LogP contribution is -2.52. The van der Waals surface area contributed by atoms with Crippen molar-refractivity contribution >= 4 is 28.5 Å². The monoisotopic (exact) mass is 395 g/mol. The number of ketones is 1. The van der Waals surface area contributed by atoms with Crippen LogP contribution in [0.5, 0.6) is 5.75 Å². The number of hydrogen-bond donors (Lipinski definition) is 1. The summed E-state index contributed by atoms with van der Waals surface area (Å²) < 4.78 is 10.5. The van der Waals surface area contributed by atoms with Gasteiger partial charge in [-0.1, -0.05) is 6.07 Å². The zero-order valence-electron chi connectivity index (χ0n) is 15.7. The summed E-state index contributed by atoms with van der Waals surface area (Å²) >= 11 is 1.64. The van der Waals surface area contributed by atoms with E-state index in [4.69, 9.17) is 19.9 Å². The van der Waals surface area contributed by atoms with Crippen molar-refractivity contribution in [3.8, 4) is 5.75 Å². The number of furan rings is 1. The summed E-state index contributed by atoms with van der Waals surface area (Å²) in [5, 5.41) is 2.03. The Bertz CT molecular complexity index is 996. The summed E-state index contributed by atoms with van der Waals surface area (Å²) in [6, 6.07) is 10.5. The number of anilines is 1. The van der Waals surface area contributed by atoms with E-state index in [1.54, 1.807) is 24.5 Å². The molecular formula is C21H21N3O3S. The lowest BCUT2D eigenvalue weighted by atomic mass is 9.98. The molecule has 3 aromatic rings. The number of likely N-dealkylation sites (N-methyl/N-ethyl adjacent to an activating group) is 1. The maximum atomic E-state index is 12.8. The van der Waals surface area contributed by atoms with Crippen LogP contribution in [-0.4, -0.2) is 44.3 Å². The number of benzodiazepines with no additional fused rings is 1. The van der Waals surface area contributed by atoms with Crippen LogP contribution in [0.2, 0.25) is 0 Å². The van der Waals surface area contributed by atoms with E-state index < -0.39 is 6.04 Å². The minimum absolute atomic E-state index is 0.162. The van der Waals surface area contributed by atoms with E-state index in [-0.39, 0.29) is 11.8 Å². The van der Waals surface area contributed by atoms with Crippen molar-refractivity contribution in [2.45, 2.75) is 12.1 Å². The van der Waals surface area contributed by atoms with E-state index >= 15 is 0 Å². The Kier molecular flexibility index (Phi) is 5.02. The fraction of sp³-hybridized carbons (Fsp3) is 0.238. The van der Waals surface area contributed by atoms with Gasteiger partial charge in [-0.15, -0.1) is 11.3 Å². The van der Waals surface area contributed by atoms with Crippen molar-refractivity contribution in [2.75, 3.05) is 25.6 Å². The number of benzene rings is 1. The average Bonchev–Trinajstić information content (AvgIpc) is 3.42. The largest absolute Gasteiger partial charge is 0.497 e. The Balaban J connectivity index is 1.78. The van der Waals surface area contributed by atoms with Gasteiger partial charge in [0.2, 0.25) is 0 Å². The molecule has 0 aliphatic carbocycles. The minimum Gasteiger partial charge on any atom is -0.497 e. The van der Waals surface area contributed by atoms with Gasteiger partial charge in [0.15, 0.2) is 5.78 Å². The smallest absolute Gasteiger partial charge is 0.184 e. The number of aliphatic imine (C=N–C) groups is 1. The molecule has 0 saturated heterocycles. The lowest BCUT2D eigenvalue weighted by molar-refractivity contribution is 0.0949. The summed E-state index contributed by atoms with van der Waals surface area (Å²) in [5.74, 6) is 0.580. The highest BCUT2D eigenvalue weighted by Crippen LogP contribution is 2.33. The van der Waals surface area contributed by atoms with Gasteiger partial charge >= 0.3 is 0 Å². The van der Waals surface area contributed by atoms with Crippen molar-refractivity contribution in [3.05, 3.63) is 70.3 Å². The third-order valence-corrected chi connectivity index (χ3v) is 5.93. The van der Waals surface area contributed by atoms with Crippen LogP contribution in [0.15, 0.2) is 63.7 Å². The molecule has 2 N–H and O–H groups in total. The third-order valence-electron chi connectivity index (χ3n) is 5.05. The summed E-state index contributed by atoms with van der Waals surface area (Å²) in [6.45, 7) is 0.408. The predicted molar refractivity (Wildman–Crippen MR) is 111 cm³/mol. The van der Waals surface area contributed by atoms with Gasteiger partial charge in [0.1, 0.15) is 12.0 Å². The molecular weight excluding hydrogens is 374 g/mol. The van der Waals surface area contributed by atoms with E-state index in [0.717, 1.165) is 27.6 Å². The Morgan fingerprint density at radius 3 is 2.93 bits per heavy atom. The molecule has 1 aliphatic rings. The quantitative estimate of drug-likeness (QED) is 0.671. The normalized spacial score (nSPS) is 17.5. The van der Waals surface area contributed by atoms with Gasteiger partial charge in [0, 0.05) is 24.4 Å². The number of hydrogen-bond acceptors (Lipinski definition) is 7. The zero-order chi connectivity index (χ0) is 19.7. The number of carbonyl (C=O) groups is 1. The second-order valence-electron chi connectivity index (χ2n) is 6.63. The van der Waals surface area contributed by atoms with Crippen LogP contribution in [0.4, 0.5) is 5.69 Å². The molecule has 28 heavy (non-hydrogen) atoms. The summed E-state index contributed by atoms with van der Waals surface area (Å²) in [7, 11) is 3.58. The Hall–Kier alpha value is -2.90. The summed E-state index contributed by atoms with van der Waals surface area (Å²) in [5.41, 5.74) is 9.71. The van der Waals surface area contributed by atoms with Crippen molar-refractivity contribution in [2.24, 2.45) is 10.7 Å².